The lowest BCUT2D eigenvalue weighted by Crippen LogP contribution is -2.55. The number of halogens is 2. The summed E-state index contributed by atoms with van der Waals surface area (Å²) in [7, 11) is 0. The van der Waals surface area contributed by atoms with Gasteiger partial charge in [0.05, 0.1) is 11.1 Å². The molecular formula is C17H22BrClN2O5. The molecule has 1 saturated heterocycles. The van der Waals surface area contributed by atoms with Gasteiger partial charge in [-0.15, -0.1) is 0 Å². The number of benzene rings is 1. The molecule has 1 aromatic rings. The van der Waals surface area contributed by atoms with Gasteiger partial charge in [0.1, 0.15) is 17.8 Å². The largest absolute Gasteiger partial charge is 0.489 e. The lowest BCUT2D eigenvalue weighted by atomic mass is 10.2. The Morgan fingerprint density at radius 1 is 1.42 bits per heavy atom. The highest BCUT2D eigenvalue weighted by Crippen LogP contribution is 2.35. The first-order chi connectivity index (χ1) is 12.1. The predicted molar refractivity (Wildman–Crippen MR) is 101 cm³/mol. The molecular weight excluding hydrogens is 428 g/mol. The second-order valence-electron chi connectivity index (χ2n) is 6.93. The standard InChI is InChI=1S/C17H22BrClN2O5/c1-17(2,3)26-16(24)21-7-6-20-10(8-21)9-25-14-11(15(22)23)4-5-12(18)13(14)19/h4-5,10,20H,6-9H2,1-3H3,(H,22,23). The van der Waals surface area contributed by atoms with Crippen LogP contribution in [0.25, 0.3) is 0 Å². The number of amides is 1. The molecule has 0 aliphatic carbocycles. The van der Waals surface area contributed by atoms with Crippen molar-refractivity contribution >= 4 is 39.6 Å². The second kappa shape index (κ2) is 8.45. The molecule has 7 nitrogen and oxygen atoms in total. The van der Waals surface area contributed by atoms with Crippen molar-refractivity contribution in [3.63, 3.8) is 0 Å². The smallest absolute Gasteiger partial charge is 0.410 e. The first-order valence-corrected chi connectivity index (χ1v) is 9.31. The van der Waals surface area contributed by atoms with E-state index in [9.17, 15) is 14.7 Å². The molecule has 2 rings (SSSR count). The van der Waals surface area contributed by atoms with E-state index >= 15 is 0 Å². The van der Waals surface area contributed by atoms with Crippen LogP contribution in [0.15, 0.2) is 16.6 Å². The molecule has 26 heavy (non-hydrogen) atoms. The lowest BCUT2D eigenvalue weighted by molar-refractivity contribution is 0.0178. The van der Waals surface area contributed by atoms with Crippen LogP contribution in [0.4, 0.5) is 4.79 Å². The molecule has 1 aliphatic rings. The van der Waals surface area contributed by atoms with Gasteiger partial charge in [-0.05, 0) is 48.8 Å². The first-order valence-electron chi connectivity index (χ1n) is 8.14. The zero-order chi connectivity index (χ0) is 19.5. The Bertz CT molecular complexity index is 692. The Morgan fingerprint density at radius 3 is 2.73 bits per heavy atom. The first kappa shape index (κ1) is 20.8. The summed E-state index contributed by atoms with van der Waals surface area (Å²) >= 11 is 9.43. The van der Waals surface area contributed by atoms with E-state index in [4.69, 9.17) is 21.1 Å². The maximum Gasteiger partial charge on any atom is 0.410 e. The Balaban J connectivity index is 2.03. The maximum absolute atomic E-state index is 12.2. The minimum Gasteiger partial charge on any atom is -0.489 e. The fraction of sp³-hybridized carbons (Fsp3) is 0.529. The Hall–Kier alpha value is -1.51. The van der Waals surface area contributed by atoms with E-state index in [-0.39, 0.29) is 35.1 Å². The molecule has 1 aliphatic heterocycles. The number of ether oxygens (including phenoxy) is 2. The van der Waals surface area contributed by atoms with E-state index in [1.54, 1.807) is 11.0 Å². The molecule has 2 N–H and O–H groups in total. The Kier molecular flexibility index (Phi) is 6.76. The molecule has 1 fully saturated rings. The van der Waals surface area contributed by atoms with Gasteiger partial charge >= 0.3 is 12.1 Å². The average Bonchev–Trinajstić information content (AvgIpc) is 2.54. The summed E-state index contributed by atoms with van der Waals surface area (Å²) in [6.45, 7) is 7.12. The normalized spacial score (nSPS) is 17.7. The summed E-state index contributed by atoms with van der Waals surface area (Å²) in [6, 6.07) is 2.81. The number of nitrogens with one attached hydrogen (secondary N) is 1. The summed E-state index contributed by atoms with van der Waals surface area (Å²) < 4.78 is 11.6. The third-order valence-corrected chi connectivity index (χ3v) is 4.88. The zero-order valence-corrected chi connectivity index (χ0v) is 17.2. The predicted octanol–water partition coefficient (Wildman–Crippen LogP) is 3.39. The van der Waals surface area contributed by atoms with Crippen molar-refractivity contribution in [3.05, 3.63) is 27.2 Å². The number of hydrogen-bond acceptors (Lipinski definition) is 5. The van der Waals surface area contributed by atoms with Crippen LogP contribution in [0.2, 0.25) is 5.02 Å². The van der Waals surface area contributed by atoms with Crippen LogP contribution in [-0.4, -0.2) is 60.0 Å². The van der Waals surface area contributed by atoms with E-state index in [1.165, 1.54) is 6.07 Å². The number of carboxylic acids is 1. The molecule has 9 heteroatoms. The molecule has 1 aromatic carbocycles. The fourth-order valence-electron chi connectivity index (χ4n) is 2.45. The molecule has 0 saturated carbocycles. The topological polar surface area (TPSA) is 88.1 Å². The van der Waals surface area contributed by atoms with E-state index < -0.39 is 11.6 Å². The van der Waals surface area contributed by atoms with Crippen molar-refractivity contribution in [1.29, 1.82) is 0 Å². The third kappa shape index (κ3) is 5.49. The van der Waals surface area contributed by atoms with Gasteiger partial charge in [0.2, 0.25) is 0 Å². The summed E-state index contributed by atoms with van der Waals surface area (Å²) in [5.41, 5.74) is -0.577. The highest BCUT2D eigenvalue weighted by Gasteiger charge is 2.28. The molecule has 0 aromatic heterocycles. The highest BCUT2D eigenvalue weighted by atomic mass is 79.9. The van der Waals surface area contributed by atoms with E-state index in [0.717, 1.165) is 0 Å². The van der Waals surface area contributed by atoms with Crippen molar-refractivity contribution in [1.82, 2.24) is 10.2 Å². The van der Waals surface area contributed by atoms with Crippen LogP contribution < -0.4 is 10.1 Å². The van der Waals surface area contributed by atoms with Crippen molar-refractivity contribution in [3.8, 4) is 5.75 Å². The SMILES string of the molecule is CC(C)(C)OC(=O)N1CCNC(COc2c(C(=O)O)ccc(Br)c2Cl)C1. The van der Waals surface area contributed by atoms with E-state index in [2.05, 4.69) is 21.2 Å². The molecule has 1 unspecified atom stereocenters. The minimum atomic E-state index is -1.12. The quantitative estimate of drug-likeness (QED) is 0.732. The number of aromatic carboxylic acids is 1. The van der Waals surface area contributed by atoms with Gasteiger partial charge in [0, 0.05) is 24.1 Å². The van der Waals surface area contributed by atoms with Gasteiger partial charge in [-0.2, -0.15) is 0 Å². The monoisotopic (exact) mass is 448 g/mol. The molecule has 0 radical (unpaired) electrons. The van der Waals surface area contributed by atoms with Crippen molar-refractivity contribution < 1.29 is 24.2 Å². The van der Waals surface area contributed by atoms with Crippen molar-refractivity contribution in [2.75, 3.05) is 26.2 Å². The van der Waals surface area contributed by atoms with Crippen LogP contribution in [-0.2, 0) is 4.74 Å². The third-order valence-electron chi connectivity index (χ3n) is 3.62. The number of piperazine rings is 1. The van der Waals surface area contributed by atoms with Crippen molar-refractivity contribution in [2.45, 2.75) is 32.4 Å². The lowest BCUT2D eigenvalue weighted by Gasteiger charge is -2.34. The second-order valence-corrected chi connectivity index (χ2v) is 8.16. The van der Waals surface area contributed by atoms with Gasteiger partial charge in [-0.1, -0.05) is 11.6 Å². The number of nitrogens with zero attached hydrogens (tertiary/aromatic N) is 1. The van der Waals surface area contributed by atoms with Gasteiger partial charge in [0.25, 0.3) is 0 Å². The van der Waals surface area contributed by atoms with Gasteiger partial charge < -0.3 is 24.8 Å². The maximum atomic E-state index is 12.2. The molecule has 144 valence electrons. The average molecular weight is 450 g/mol. The van der Waals surface area contributed by atoms with Crippen LogP contribution in [0.5, 0.6) is 5.75 Å². The van der Waals surface area contributed by atoms with Crippen LogP contribution in [0.3, 0.4) is 0 Å². The summed E-state index contributed by atoms with van der Waals surface area (Å²) in [4.78, 5) is 25.2. The highest BCUT2D eigenvalue weighted by molar-refractivity contribution is 9.10. The number of carbonyl (C=O) groups excluding carboxylic acids is 1. The van der Waals surface area contributed by atoms with Crippen LogP contribution >= 0.6 is 27.5 Å². The summed E-state index contributed by atoms with van der Waals surface area (Å²) in [5.74, 6) is -1.02. The van der Waals surface area contributed by atoms with E-state index in [0.29, 0.717) is 24.1 Å². The Labute approximate surface area is 165 Å². The minimum absolute atomic E-state index is 0.0157. The summed E-state index contributed by atoms with van der Waals surface area (Å²) in [5, 5.41) is 12.7. The number of carbonyl (C=O) groups is 2. The summed E-state index contributed by atoms with van der Waals surface area (Å²) in [6.07, 6.45) is -0.379. The molecule has 1 heterocycles. The van der Waals surface area contributed by atoms with Gasteiger partial charge in [-0.3, -0.25) is 0 Å². The molecule has 0 bridgehead atoms. The molecule has 1 amide bonds. The number of carboxylic acid groups (broad SMARTS) is 1. The van der Waals surface area contributed by atoms with Gasteiger partial charge in [-0.25, -0.2) is 9.59 Å². The zero-order valence-electron chi connectivity index (χ0n) is 14.8. The van der Waals surface area contributed by atoms with Crippen LogP contribution in [0.1, 0.15) is 31.1 Å². The Morgan fingerprint density at radius 2 is 2.12 bits per heavy atom. The van der Waals surface area contributed by atoms with Crippen LogP contribution in [0, 0.1) is 0 Å². The van der Waals surface area contributed by atoms with E-state index in [1.807, 2.05) is 20.8 Å². The molecule has 1 atom stereocenters. The number of hydrogen-bond donors (Lipinski definition) is 2. The fourth-order valence-corrected chi connectivity index (χ4v) is 2.99. The number of rotatable bonds is 4. The van der Waals surface area contributed by atoms with Crippen molar-refractivity contribution in [2.24, 2.45) is 0 Å². The molecule has 0 spiro atoms. The van der Waals surface area contributed by atoms with Gasteiger partial charge in [0.15, 0.2) is 5.75 Å².